The molecule has 0 saturated heterocycles. The lowest BCUT2D eigenvalue weighted by Crippen LogP contribution is -1.91. The van der Waals surface area contributed by atoms with Crippen molar-refractivity contribution in [1.29, 1.82) is 0 Å². The summed E-state index contributed by atoms with van der Waals surface area (Å²) in [6, 6.07) is 28.1. The van der Waals surface area contributed by atoms with Gasteiger partial charge in [-0.1, -0.05) is 72.8 Å². The summed E-state index contributed by atoms with van der Waals surface area (Å²) in [6.45, 7) is 0. The minimum Gasteiger partial charge on any atom is -0.478 e. The maximum absolute atomic E-state index is 9.55. The van der Waals surface area contributed by atoms with E-state index in [9.17, 15) is 9.59 Å². The molecule has 0 aromatic heterocycles. The lowest BCUT2D eigenvalue weighted by Gasteiger charge is -1.98. The van der Waals surface area contributed by atoms with E-state index < -0.39 is 11.9 Å². The molecular weight excluding hydrogens is 408 g/mol. The van der Waals surface area contributed by atoms with Crippen LogP contribution in [0.2, 0.25) is 0 Å². The molecule has 4 aromatic rings. The highest BCUT2D eigenvalue weighted by Crippen LogP contribution is 2.20. The maximum Gasteiger partial charge on any atom is 0.328 e. The standard InChI is InChI=1S/2C10H9N.C4H4O4.CH4O/c2*11-10-7-3-5-8-4-1-2-6-9(8)10;5-3(6)1-2-4(7)8;1-2/h2*1-7H,11H2;1-2H,(H,5,6)(H,7,8);2H,1H3. The minimum absolute atomic E-state index is 0.558. The van der Waals surface area contributed by atoms with Crippen molar-refractivity contribution < 1.29 is 24.9 Å². The van der Waals surface area contributed by atoms with Crippen LogP contribution >= 0.6 is 0 Å². The van der Waals surface area contributed by atoms with Gasteiger partial charge in [0.15, 0.2) is 0 Å². The average Bonchev–Trinajstić information content (AvgIpc) is 2.81. The van der Waals surface area contributed by atoms with Crippen LogP contribution in [0.3, 0.4) is 0 Å². The van der Waals surface area contributed by atoms with Gasteiger partial charge in [0.2, 0.25) is 0 Å². The smallest absolute Gasteiger partial charge is 0.328 e. The first-order valence-corrected chi connectivity index (χ1v) is 9.43. The summed E-state index contributed by atoms with van der Waals surface area (Å²) < 4.78 is 0. The molecular formula is C25H26N2O5. The quantitative estimate of drug-likeness (QED) is 0.235. The number of carboxylic acid groups (broad SMARTS) is 2. The predicted octanol–water partition coefficient (Wildman–Crippen LogP) is 4.16. The van der Waals surface area contributed by atoms with E-state index in [1.807, 2.05) is 60.7 Å². The van der Waals surface area contributed by atoms with Crippen LogP contribution in [0.25, 0.3) is 21.5 Å². The lowest BCUT2D eigenvalue weighted by molar-refractivity contribution is -0.134. The second kappa shape index (κ2) is 13.8. The number of hydrogen-bond donors (Lipinski definition) is 5. The third kappa shape index (κ3) is 8.56. The summed E-state index contributed by atoms with van der Waals surface area (Å²) in [7, 11) is 1.00. The summed E-state index contributed by atoms with van der Waals surface area (Å²) in [5.74, 6) is -2.51. The number of rotatable bonds is 2. The summed E-state index contributed by atoms with van der Waals surface area (Å²) >= 11 is 0. The van der Waals surface area contributed by atoms with Crippen molar-refractivity contribution in [3.63, 3.8) is 0 Å². The molecule has 0 heterocycles. The van der Waals surface area contributed by atoms with Gasteiger partial charge in [-0.25, -0.2) is 9.59 Å². The van der Waals surface area contributed by atoms with E-state index in [0.29, 0.717) is 12.2 Å². The second-order valence-corrected chi connectivity index (χ2v) is 6.15. The Morgan fingerprint density at radius 1 is 0.594 bits per heavy atom. The van der Waals surface area contributed by atoms with E-state index in [1.54, 1.807) is 0 Å². The molecule has 4 rings (SSSR count). The summed E-state index contributed by atoms with van der Waals surface area (Å²) in [5, 5.41) is 27.3. The largest absolute Gasteiger partial charge is 0.478 e. The Morgan fingerprint density at radius 3 is 1.22 bits per heavy atom. The molecule has 0 fully saturated rings. The Balaban J connectivity index is 0.000000235. The number of hydrogen-bond acceptors (Lipinski definition) is 5. The van der Waals surface area contributed by atoms with Crippen molar-refractivity contribution in [2.75, 3.05) is 18.6 Å². The summed E-state index contributed by atoms with van der Waals surface area (Å²) in [6.07, 6.45) is 1.12. The van der Waals surface area contributed by atoms with Crippen LogP contribution in [-0.4, -0.2) is 34.4 Å². The van der Waals surface area contributed by atoms with Crippen LogP contribution in [0.5, 0.6) is 0 Å². The van der Waals surface area contributed by atoms with Gasteiger partial charge in [-0.15, -0.1) is 0 Å². The molecule has 0 unspecified atom stereocenters. The maximum atomic E-state index is 9.55. The number of aliphatic hydroxyl groups excluding tert-OH is 1. The van der Waals surface area contributed by atoms with E-state index in [-0.39, 0.29) is 0 Å². The fourth-order valence-corrected chi connectivity index (χ4v) is 2.64. The van der Waals surface area contributed by atoms with Crippen LogP contribution in [0.4, 0.5) is 11.4 Å². The van der Waals surface area contributed by atoms with Crippen molar-refractivity contribution in [2.24, 2.45) is 0 Å². The molecule has 4 aromatic carbocycles. The van der Waals surface area contributed by atoms with Crippen LogP contribution < -0.4 is 11.5 Å². The number of anilines is 2. The molecule has 0 aliphatic carbocycles. The number of benzene rings is 4. The number of nitrogens with two attached hydrogens (primary N) is 2. The molecule has 0 radical (unpaired) electrons. The minimum atomic E-state index is -1.26. The van der Waals surface area contributed by atoms with Crippen LogP contribution in [0.1, 0.15) is 0 Å². The normalized spacial score (nSPS) is 9.56. The molecule has 0 spiro atoms. The zero-order chi connectivity index (χ0) is 23.9. The van der Waals surface area contributed by atoms with Crippen LogP contribution in [-0.2, 0) is 9.59 Å². The first kappa shape index (κ1) is 25.7. The van der Waals surface area contributed by atoms with E-state index in [4.69, 9.17) is 26.8 Å². The molecule has 7 heteroatoms. The van der Waals surface area contributed by atoms with Gasteiger partial charge in [-0.3, -0.25) is 0 Å². The van der Waals surface area contributed by atoms with Crippen molar-refractivity contribution in [3.8, 4) is 0 Å². The van der Waals surface area contributed by atoms with E-state index in [0.717, 1.165) is 29.3 Å². The van der Waals surface area contributed by atoms with E-state index in [2.05, 4.69) is 24.3 Å². The topological polar surface area (TPSA) is 147 Å². The van der Waals surface area contributed by atoms with Crippen molar-refractivity contribution in [1.82, 2.24) is 0 Å². The highest BCUT2D eigenvalue weighted by Gasteiger charge is 1.93. The Labute approximate surface area is 185 Å². The van der Waals surface area contributed by atoms with Gasteiger partial charge in [-0.2, -0.15) is 0 Å². The molecule has 7 nitrogen and oxygen atoms in total. The van der Waals surface area contributed by atoms with Gasteiger partial charge in [-0.05, 0) is 22.9 Å². The molecule has 0 saturated carbocycles. The van der Waals surface area contributed by atoms with Gasteiger partial charge in [0.25, 0.3) is 0 Å². The SMILES string of the molecule is CO.Nc1cccc2ccccc12.Nc1cccc2ccccc12.O=C(O)C=CC(=O)O. The fraction of sp³-hybridized carbons (Fsp3) is 0.0400. The fourth-order valence-electron chi connectivity index (χ4n) is 2.64. The molecule has 0 atom stereocenters. The third-order valence-corrected chi connectivity index (χ3v) is 4.02. The summed E-state index contributed by atoms with van der Waals surface area (Å²) in [4.78, 5) is 19.1. The van der Waals surface area contributed by atoms with Gasteiger partial charge >= 0.3 is 11.9 Å². The molecule has 0 bridgehead atoms. The lowest BCUT2D eigenvalue weighted by atomic mass is 10.1. The highest BCUT2D eigenvalue weighted by molar-refractivity contribution is 5.93. The number of carbonyl (C=O) groups is 2. The van der Waals surface area contributed by atoms with Gasteiger partial charge in [0.05, 0.1) is 0 Å². The highest BCUT2D eigenvalue weighted by atomic mass is 16.4. The van der Waals surface area contributed by atoms with Crippen molar-refractivity contribution in [2.45, 2.75) is 0 Å². The van der Waals surface area contributed by atoms with E-state index in [1.165, 1.54) is 10.8 Å². The number of nitrogen functional groups attached to an aromatic ring is 2. The Morgan fingerprint density at radius 2 is 0.906 bits per heavy atom. The molecule has 0 aliphatic heterocycles. The zero-order valence-corrected chi connectivity index (χ0v) is 17.6. The Hall–Kier alpha value is -4.36. The van der Waals surface area contributed by atoms with Crippen LogP contribution in [0, 0.1) is 0 Å². The average molecular weight is 434 g/mol. The first-order chi connectivity index (χ1) is 15.4. The summed E-state index contributed by atoms with van der Waals surface area (Å²) in [5.41, 5.74) is 13.2. The van der Waals surface area contributed by atoms with E-state index >= 15 is 0 Å². The molecule has 166 valence electrons. The van der Waals surface area contributed by atoms with Crippen molar-refractivity contribution >= 4 is 44.9 Å². The van der Waals surface area contributed by atoms with Gasteiger partial charge in [0, 0.05) is 41.4 Å². The Kier molecular flexibility index (Phi) is 11.1. The van der Waals surface area contributed by atoms with Gasteiger partial charge in [0.1, 0.15) is 0 Å². The molecule has 32 heavy (non-hydrogen) atoms. The predicted molar refractivity (Wildman–Crippen MR) is 129 cm³/mol. The number of aliphatic carboxylic acids is 2. The van der Waals surface area contributed by atoms with Crippen LogP contribution in [0.15, 0.2) is 97.1 Å². The zero-order valence-electron chi connectivity index (χ0n) is 17.6. The first-order valence-electron chi connectivity index (χ1n) is 9.43. The number of aliphatic hydroxyl groups is 1. The van der Waals surface area contributed by atoms with Gasteiger partial charge < -0.3 is 26.8 Å². The number of fused-ring (bicyclic) bond motifs is 2. The second-order valence-electron chi connectivity index (χ2n) is 6.15. The molecule has 0 amide bonds. The Bertz CT molecular complexity index is 1090. The third-order valence-electron chi connectivity index (χ3n) is 4.02. The monoisotopic (exact) mass is 434 g/mol. The van der Waals surface area contributed by atoms with Crippen molar-refractivity contribution in [3.05, 3.63) is 97.1 Å². The molecule has 7 N–H and O–H groups in total. The number of carboxylic acids is 2. The molecule has 0 aliphatic rings.